The van der Waals surface area contributed by atoms with Crippen LogP contribution in [-0.2, 0) is 10.0 Å². The molecule has 11 heteroatoms. The van der Waals surface area contributed by atoms with Gasteiger partial charge in [-0.05, 0) is 48.5 Å². The van der Waals surface area contributed by atoms with Crippen molar-refractivity contribution in [2.45, 2.75) is 4.90 Å². The van der Waals surface area contributed by atoms with E-state index in [0.29, 0.717) is 12.1 Å². The van der Waals surface area contributed by atoms with Gasteiger partial charge in [-0.3, -0.25) is 14.8 Å². The lowest BCUT2D eigenvalue weighted by Gasteiger charge is -2.10. The van der Waals surface area contributed by atoms with E-state index in [2.05, 4.69) is 4.72 Å². The number of anilines is 1. The summed E-state index contributed by atoms with van der Waals surface area (Å²) in [5.74, 6) is -3.29. The van der Waals surface area contributed by atoms with Crippen LogP contribution < -0.4 is 9.46 Å². The van der Waals surface area contributed by atoms with Crippen molar-refractivity contribution in [1.29, 1.82) is 0 Å². The van der Waals surface area contributed by atoms with E-state index in [4.69, 9.17) is 4.74 Å². The summed E-state index contributed by atoms with van der Waals surface area (Å²) in [6.07, 6.45) is 0. The lowest BCUT2D eigenvalue weighted by molar-refractivity contribution is -0.384. The van der Waals surface area contributed by atoms with Crippen LogP contribution in [0.1, 0.15) is 10.4 Å². The predicted octanol–water partition coefficient (Wildman–Crippen LogP) is 3.89. The summed E-state index contributed by atoms with van der Waals surface area (Å²) in [6.45, 7) is 0. The Morgan fingerprint density at radius 3 is 2.30 bits per heavy atom. The van der Waals surface area contributed by atoms with E-state index in [9.17, 15) is 32.1 Å². The van der Waals surface area contributed by atoms with E-state index in [1.807, 2.05) is 0 Å². The summed E-state index contributed by atoms with van der Waals surface area (Å²) in [5.41, 5.74) is -0.208. The number of nitrogens with one attached hydrogen (secondary N) is 1. The third-order valence-electron chi connectivity index (χ3n) is 3.81. The average Bonchev–Trinajstić information content (AvgIpc) is 2.70. The molecule has 0 aliphatic heterocycles. The zero-order valence-electron chi connectivity index (χ0n) is 14.9. The van der Waals surface area contributed by atoms with Gasteiger partial charge in [-0.15, -0.1) is 0 Å². The first-order chi connectivity index (χ1) is 14.2. The highest BCUT2D eigenvalue weighted by molar-refractivity contribution is 7.92. The maximum atomic E-state index is 13.3. The number of benzene rings is 3. The van der Waals surface area contributed by atoms with Crippen LogP contribution in [0, 0.1) is 21.7 Å². The number of ether oxygens (including phenoxy) is 1. The van der Waals surface area contributed by atoms with E-state index < -0.39 is 37.4 Å². The second-order valence-electron chi connectivity index (χ2n) is 5.90. The molecule has 3 aromatic rings. The van der Waals surface area contributed by atoms with Gasteiger partial charge >= 0.3 is 5.97 Å². The number of carbonyl (C=O) groups excluding carboxylic acids is 1. The van der Waals surface area contributed by atoms with E-state index in [-0.39, 0.29) is 22.7 Å². The summed E-state index contributed by atoms with van der Waals surface area (Å²) in [7, 11) is -4.24. The van der Waals surface area contributed by atoms with Gasteiger partial charge in [-0.25, -0.2) is 22.0 Å². The first-order valence-corrected chi connectivity index (χ1v) is 9.68. The molecule has 0 aromatic heterocycles. The molecule has 0 unspecified atom stereocenters. The first kappa shape index (κ1) is 20.9. The highest BCUT2D eigenvalue weighted by atomic mass is 32.2. The number of nitro benzene ring substituents is 1. The largest absolute Gasteiger partial charge is 0.423 e. The van der Waals surface area contributed by atoms with Gasteiger partial charge in [0.2, 0.25) is 0 Å². The summed E-state index contributed by atoms with van der Waals surface area (Å²) >= 11 is 0. The van der Waals surface area contributed by atoms with Crippen LogP contribution in [0.5, 0.6) is 5.75 Å². The minimum absolute atomic E-state index is 0.0150. The molecule has 3 rings (SSSR count). The summed E-state index contributed by atoms with van der Waals surface area (Å²) in [6, 6.07) is 12.2. The van der Waals surface area contributed by atoms with Crippen molar-refractivity contribution in [3.63, 3.8) is 0 Å². The third-order valence-corrected chi connectivity index (χ3v) is 5.19. The standard InChI is InChI=1S/C19H12F2N2O6S/c20-17-9-8-16(11-18(17)21)30(27,28)22-13-3-1-2-12(10-13)19(24)29-15-6-4-14(5-7-15)23(25)26/h1-11,22H. The van der Waals surface area contributed by atoms with Crippen molar-refractivity contribution < 1.29 is 31.7 Å². The molecule has 30 heavy (non-hydrogen) atoms. The van der Waals surface area contributed by atoms with Crippen molar-refractivity contribution in [3.8, 4) is 5.75 Å². The van der Waals surface area contributed by atoms with Gasteiger partial charge in [0.15, 0.2) is 11.6 Å². The Kier molecular flexibility index (Phi) is 5.74. The van der Waals surface area contributed by atoms with Crippen molar-refractivity contribution in [2.75, 3.05) is 4.72 Å². The van der Waals surface area contributed by atoms with Crippen LogP contribution in [0.3, 0.4) is 0 Å². The topological polar surface area (TPSA) is 116 Å². The molecule has 3 aromatic carbocycles. The highest BCUT2D eigenvalue weighted by Gasteiger charge is 2.18. The fourth-order valence-corrected chi connectivity index (χ4v) is 3.43. The van der Waals surface area contributed by atoms with E-state index in [0.717, 1.165) is 18.2 Å². The molecule has 0 amide bonds. The Hall–Kier alpha value is -3.86. The maximum absolute atomic E-state index is 13.3. The van der Waals surface area contributed by atoms with Gasteiger partial charge in [0, 0.05) is 17.8 Å². The molecule has 0 radical (unpaired) electrons. The molecule has 0 spiro atoms. The highest BCUT2D eigenvalue weighted by Crippen LogP contribution is 2.21. The van der Waals surface area contributed by atoms with Crippen LogP contribution in [0.15, 0.2) is 71.6 Å². The van der Waals surface area contributed by atoms with Gasteiger partial charge in [0.25, 0.3) is 15.7 Å². The van der Waals surface area contributed by atoms with Gasteiger partial charge in [0.05, 0.1) is 15.4 Å². The van der Waals surface area contributed by atoms with Gasteiger partial charge in [-0.1, -0.05) is 6.07 Å². The number of nitrogens with zero attached hydrogens (tertiary/aromatic N) is 1. The number of hydrogen-bond donors (Lipinski definition) is 1. The predicted molar refractivity (Wildman–Crippen MR) is 102 cm³/mol. The molecule has 0 saturated carbocycles. The van der Waals surface area contributed by atoms with Crippen molar-refractivity contribution in [2.24, 2.45) is 0 Å². The number of carbonyl (C=O) groups is 1. The number of hydrogen-bond acceptors (Lipinski definition) is 6. The molecule has 0 bridgehead atoms. The normalized spacial score (nSPS) is 11.0. The number of non-ortho nitro benzene ring substituents is 1. The average molecular weight is 434 g/mol. The fourth-order valence-electron chi connectivity index (χ4n) is 2.37. The quantitative estimate of drug-likeness (QED) is 0.272. The van der Waals surface area contributed by atoms with Gasteiger partial charge in [0.1, 0.15) is 5.75 Å². The van der Waals surface area contributed by atoms with E-state index in [1.165, 1.54) is 36.4 Å². The molecule has 0 saturated heterocycles. The zero-order chi connectivity index (χ0) is 21.9. The Labute approximate surface area is 168 Å². The lowest BCUT2D eigenvalue weighted by atomic mass is 10.2. The molecule has 0 aliphatic carbocycles. The SMILES string of the molecule is O=C(Oc1ccc([N+](=O)[O-])cc1)c1cccc(NS(=O)(=O)c2ccc(F)c(F)c2)c1. The molecule has 0 aliphatic rings. The van der Waals surface area contributed by atoms with Crippen molar-refractivity contribution in [1.82, 2.24) is 0 Å². The number of rotatable bonds is 6. The summed E-state index contributed by atoms with van der Waals surface area (Å²) in [5, 5.41) is 10.6. The van der Waals surface area contributed by atoms with Crippen molar-refractivity contribution in [3.05, 3.63) is 94.0 Å². The maximum Gasteiger partial charge on any atom is 0.343 e. The Morgan fingerprint density at radius 2 is 1.67 bits per heavy atom. The molecule has 8 nitrogen and oxygen atoms in total. The van der Waals surface area contributed by atoms with Crippen LogP contribution >= 0.6 is 0 Å². The van der Waals surface area contributed by atoms with Crippen LogP contribution in [0.4, 0.5) is 20.2 Å². The molecule has 0 fully saturated rings. The Morgan fingerprint density at radius 1 is 0.967 bits per heavy atom. The van der Waals surface area contributed by atoms with E-state index in [1.54, 1.807) is 0 Å². The number of sulfonamides is 1. The zero-order valence-corrected chi connectivity index (χ0v) is 15.7. The molecular weight excluding hydrogens is 422 g/mol. The third kappa shape index (κ3) is 4.75. The molecule has 154 valence electrons. The number of halogens is 2. The van der Waals surface area contributed by atoms with Crippen LogP contribution in [0.25, 0.3) is 0 Å². The second kappa shape index (κ2) is 8.25. The second-order valence-corrected chi connectivity index (χ2v) is 7.59. The smallest absolute Gasteiger partial charge is 0.343 e. The molecular formula is C19H12F2N2O6S. The number of esters is 1. The van der Waals surface area contributed by atoms with Gasteiger partial charge < -0.3 is 4.74 Å². The minimum atomic E-state index is -4.24. The Bertz CT molecular complexity index is 1230. The fraction of sp³-hybridized carbons (Fsp3) is 0. The summed E-state index contributed by atoms with van der Waals surface area (Å²) < 4.78 is 58.3. The molecule has 1 N–H and O–H groups in total. The lowest BCUT2D eigenvalue weighted by Crippen LogP contribution is -2.14. The monoisotopic (exact) mass is 434 g/mol. The number of nitro groups is 1. The first-order valence-electron chi connectivity index (χ1n) is 8.20. The van der Waals surface area contributed by atoms with Crippen LogP contribution in [0.2, 0.25) is 0 Å². The van der Waals surface area contributed by atoms with Crippen LogP contribution in [-0.4, -0.2) is 19.3 Å². The minimum Gasteiger partial charge on any atom is -0.423 e. The van der Waals surface area contributed by atoms with Gasteiger partial charge in [-0.2, -0.15) is 0 Å². The van der Waals surface area contributed by atoms with Crippen molar-refractivity contribution >= 4 is 27.4 Å². The summed E-state index contributed by atoms with van der Waals surface area (Å²) in [4.78, 5) is 21.8. The Balaban J connectivity index is 1.77. The van der Waals surface area contributed by atoms with E-state index >= 15 is 0 Å². The molecule has 0 heterocycles. The molecule has 0 atom stereocenters.